The number of hydrogen-bond donors (Lipinski definition) is 0. The Balaban J connectivity index is 1.85. The van der Waals surface area contributed by atoms with Crippen LogP contribution in [-0.4, -0.2) is 17.5 Å². The Bertz CT molecular complexity index is 581. The number of thiophene rings is 1. The summed E-state index contributed by atoms with van der Waals surface area (Å²) in [5.41, 5.74) is 1.37. The van der Waals surface area contributed by atoms with Crippen molar-refractivity contribution in [1.29, 1.82) is 5.26 Å². The number of rotatable bonds is 2. The van der Waals surface area contributed by atoms with Crippen LogP contribution in [0.3, 0.4) is 0 Å². The zero-order valence-electron chi connectivity index (χ0n) is 10.3. The van der Waals surface area contributed by atoms with Crippen molar-refractivity contribution in [3.05, 3.63) is 35.2 Å². The second kappa shape index (κ2) is 5.09. The number of fused-ring (bicyclic) bond motifs is 1. The third kappa shape index (κ3) is 2.14. The Labute approximate surface area is 111 Å². The summed E-state index contributed by atoms with van der Waals surface area (Å²) in [6.07, 6.45) is 3.44. The average molecular weight is 256 g/mol. The first-order valence-electron chi connectivity index (χ1n) is 6.47. The smallest absolute Gasteiger partial charge is 0.0980 e. The van der Waals surface area contributed by atoms with Crippen LogP contribution in [-0.2, 0) is 6.54 Å². The van der Waals surface area contributed by atoms with Crippen molar-refractivity contribution in [2.45, 2.75) is 31.8 Å². The van der Waals surface area contributed by atoms with Gasteiger partial charge in [0.2, 0.25) is 0 Å². The highest BCUT2D eigenvalue weighted by atomic mass is 32.1. The molecule has 0 saturated carbocycles. The highest BCUT2D eigenvalue weighted by Gasteiger charge is 2.22. The van der Waals surface area contributed by atoms with Crippen molar-refractivity contribution in [2.24, 2.45) is 0 Å². The summed E-state index contributed by atoms with van der Waals surface area (Å²) in [6.45, 7) is 1.98. The number of likely N-dealkylation sites (tertiary alicyclic amines) is 1. The van der Waals surface area contributed by atoms with Gasteiger partial charge in [-0.05, 0) is 48.2 Å². The van der Waals surface area contributed by atoms with Crippen molar-refractivity contribution in [3.63, 3.8) is 0 Å². The highest BCUT2D eigenvalue weighted by Crippen LogP contribution is 2.28. The Morgan fingerprint density at radius 2 is 2.22 bits per heavy atom. The van der Waals surface area contributed by atoms with Crippen LogP contribution in [0, 0.1) is 11.3 Å². The van der Waals surface area contributed by atoms with Crippen molar-refractivity contribution in [3.8, 4) is 6.07 Å². The summed E-state index contributed by atoms with van der Waals surface area (Å²) < 4.78 is 1.35. The molecule has 0 bridgehead atoms. The van der Waals surface area contributed by atoms with Crippen molar-refractivity contribution < 1.29 is 0 Å². The molecule has 2 nitrogen and oxygen atoms in total. The van der Waals surface area contributed by atoms with Gasteiger partial charge in [-0.2, -0.15) is 5.26 Å². The predicted molar refractivity (Wildman–Crippen MR) is 75.5 cm³/mol. The molecule has 1 aliphatic heterocycles. The van der Waals surface area contributed by atoms with Crippen LogP contribution in [0.4, 0.5) is 0 Å². The first-order chi connectivity index (χ1) is 8.88. The summed E-state index contributed by atoms with van der Waals surface area (Å²) in [5, 5.41) is 12.8. The molecule has 1 saturated heterocycles. The van der Waals surface area contributed by atoms with Gasteiger partial charge in [0.05, 0.1) is 12.1 Å². The molecule has 1 fully saturated rings. The second-order valence-electron chi connectivity index (χ2n) is 4.87. The number of nitrogens with zero attached hydrogens (tertiary/aromatic N) is 2. The Morgan fingerprint density at radius 1 is 1.33 bits per heavy atom. The fourth-order valence-corrected chi connectivity index (χ4v) is 3.65. The van der Waals surface area contributed by atoms with Crippen LogP contribution >= 0.6 is 11.3 Å². The normalized spacial score (nSPS) is 20.9. The van der Waals surface area contributed by atoms with Crippen molar-refractivity contribution >= 4 is 21.4 Å². The molecule has 2 aromatic rings. The molecule has 3 heteroatoms. The molecule has 1 aromatic heterocycles. The first-order valence-corrected chi connectivity index (χ1v) is 7.35. The quantitative estimate of drug-likeness (QED) is 0.817. The minimum absolute atomic E-state index is 0.109. The Hall–Kier alpha value is -1.37. The van der Waals surface area contributed by atoms with E-state index in [9.17, 15) is 5.26 Å². The molecule has 1 aromatic carbocycles. The monoisotopic (exact) mass is 256 g/mol. The van der Waals surface area contributed by atoms with Crippen LogP contribution in [0.2, 0.25) is 0 Å². The summed E-state index contributed by atoms with van der Waals surface area (Å²) in [6, 6.07) is 11.1. The molecule has 0 N–H and O–H groups in total. The van der Waals surface area contributed by atoms with E-state index in [0.29, 0.717) is 0 Å². The van der Waals surface area contributed by atoms with E-state index in [1.54, 1.807) is 11.3 Å². The molecule has 3 rings (SSSR count). The molecule has 92 valence electrons. The fourth-order valence-electron chi connectivity index (χ4n) is 2.70. The van der Waals surface area contributed by atoms with Crippen molar-refractivity contribution in [2.75, 3.05) is 6.54 Å². The van der Waals surface area contributed by atoms with Crippen LogP contribution in [0.1, 0.15) is 24.8 Å². The molecular formula is C15H16N2S. The van der Waals surface area contributed by atoms with Gasteiger partial charge in [0.1, 0.15) is 0 Å². The molecule has 1 atom stereocenters. The summed E-state index contributed by atoms with van der Waals surface area (Å²) in [4.78, 5) is 2.33. The minimum Gasteiger partial charge on any atom is -0.284 e. The molecule has 1 unspecified atom stereocenters. The third-order valence-electron chi connectivity index (χ3n) is 3.70. The largest absolute Gasteiger partial charge is 0.284 e. The van der Waals surface area contributed by atoms with E-state index in [-0.39, 0.29) is 6.04 Å². The van der Waals surface area contributed by atoms with Gasteiger partial charge >= 0.3 is 0 Å². The highest BCUT2D eigenvalue weighted by molar-refractivity contribution is 7.17. The molecule has 2 heterocycles. The van der Waals surface area contributed by atoms with E-state index in [4.69, 9.17) is 0 Å². The standard InChI is InChI=1S/C15H16N2S/c16-9-13-5-3-4-8-17(13)10-12-11-18-15-7-2-1-6-14(12)15/h1-2,6-7,11,13H,3-5,8,10H2. The first kappa shape index (κ1) is 11.7. The van der Waals surface area contributed by atoms with Gasteiger partial charge < -0.3 is 0 Å². The lowest BCUT2D eigenvalue weighted by Gasteiger charge is -2.31. The molecule has 0 spiro atoms. The van der Waals surface area contributed by atoms with Gasteiger partial charge in [-0.1, -0.05) is 18.2 Å². The van der Waals surface area contributed by atoms with E-state index < -0.39 is 0 Å². The lowest BCUT2D eigenvalue weighted by atomic mass is 10.0. The lowest BCUT2D eigenvalue weighted by Crippen LogP contribution is -2.37. The maximum Gasteiger partial charge on any atom is 0.0980 e. The Kier molecular flexibility index (Phi) is 3.31. The lowest BCUT2D eigenvalue weighted by molar-refractivity contribution is 0.177. The van der Waals surface area contributed by atoms with Gasteiger partial charge in [-0.25, -0.2) is 0 Å². The van der Waals surface area contributed by atoms with Gasteiger partial charge in [-0.3, -0.25) is 4.90 Å². The summed E-state index contributed by atoms with van der Waals surface area (Å²) in [5.74, 6) is 0. The third-order valence-corrected chi connectivity index (χ3v) is 4.71. The van der Waals surface area contributed by atoms with Gasteiger partial charge in [0.15, 0.2) is 0 Å². The van der Waals surface area contributed by atoms with Crippen LogP contribution in [0.5, 0.6) is 0 Å². The zero-order valence-corrected chi connectivity index (χ0v) is 11.1. The number of nitriles is 1. The molecule has 0 radical (unpaired) electrons. The average Bonchev–Trinajstić information content (AvgIpc) is 2.83. The molecule has 0 amide bonds. The zero-order chi connectivity index (χ0) is 12.4. The Morgan fingerprint density at radius 3 is 3.11 bits per heavy atom. The topological polar surface area (TPSA) is 27.0 Å². The van der Waals surface area contributed by atoms with Crippen LogP contribution in [0.25, 0.3) is 10.1 Å². The minimum atomic E-state index is 0.109. The second-order valence-corrected chi connectivity index (χ2v) is 5.78. The van der Waals surface area contributed by atoms with Crippen molar-refractivity contribution in [1.82, 2.24) is 4.90 Å². The van der Waals surface area contributed by atoms with E-state index in [2.05, 4.69) is 40.6 Å². The maximum atomic E-state index is 9.21. The number of hydrogen-bond acceptors (Lipinski definition) is 3. The number of benzene rings is 1. The predicted octanol–water partition coefficient (Wildman–Crippen LogP) is 3.78. The van der Waals surface area contributed by atoms with Gasteiger partial charge in [0.25, 0.3) is 0 Å². The van der Waals surface area contributed by atoms with E-state index in [0.717, 1.165) is 19.5 Å². The SMILES string of the molecule is N#CC1CCCCN1Cc1csc2ccccc12. The molecular weight excluding hydrogens is 240 g/mol. The molecule has 1 aliphatic rings. The van der Waals surface area contributed by atoms with Gasteiger partial charge in [0, 0.05) is 11.2 Å². The summed E-state index contributed by atoms with van der Waals surface area (Å²) in [7, 11) is 0. The summed E-state index contributed by atoms with van der Waals surface area (Å²) >= 11 is 1.80. The molecule has 18 heavy (non-hydrogen) atoms. The number of piperidine rings is 1. The maximum absolute atomic E-state index is 9.21. The van der Waals surface area contributed by atoms with E-state index in [1.165, 1.54) is 28.5 Å². The van der Waals surface area contributed by atoms with Gasteiger partial charge in [-0.15, -0.1) is 11.3 Å². The van der Waals surface area contributed by atoms with E-state index in [1.807, 2.05) is 0 Å². The van der Waals surface area contributed by atoms with Crippen LogP contribution in [0.15, 0.2) is 29.6 Å². The fraction of sp³-hybridized carbons (Fsp3) is 0.400. The molecule has 0 aliphatic carbocycles. The van der Waals surface area contributed by atoms with E-state index >= 15 is 0 Å². The van der Waals surface area contributed by atoms with Crippen LogP contribution < -0.4 is 0 Å².